The van der Waals surface area contributed by atoms with Gasteiger partial charge in [-0.3, -0.25) is 0 Å². The van der Waals surface area contributed by atoms with Crippen LogP contribution >= 0.6 is 11.6 Å². The summed E-state index contributed by atoms with van der Waals surface area (Å²) in [4.78, 5) is 4.33. The van der Waals surface area contributed by atoms with Crippen molar-refractivity contribution in [3.05, 3.63) is 52.3 Å². The molecular formula is C15H19ClFN3. The van der Waals surface area contributed by atoms with Gasteiger partial charge in [-0.05, 0) is 24.6 Å². The topological polar surface area (TPSA) is 29.9 Å². The zero-order valence-electron chi connectivity index (χ0n) is 12.0. The second kappa shape index (κ2) is 6.37. The van der Waals surface area contributed by atoms with Crippen molar-refractivity contribution in [2.75, 3.05) is 0 Å². The lowest BCUT2D eigenvalue weighted by Gasteiger charge is -2.13. The minimum atomic E-state index is -0.385. The summed E-state index contributed by atoms with van der Waals surface area (Å²) in [5, 5.41) is 3.52. The Balaban J connectivity index is 2.19. The fourth-order valence-corrected chi connectivity index (χ4v) is 2.12. The molecule has 20 heavy (non-hydrogen) atoms. The number of aryl methyl sites for hydroxylation is 1. The SMILES string of the molecule is Cc1ncc(CNC(C)C)n1Cc1ccc(Cl)c(F)c1. The van der Waals surface area contributed by atoms with Gasteiger partial charge in [-0.15, -0.1) is 0 Å². The van der Waals surface area contributed by atoms with Crippen molar-refractivity contribution < 1.29 is 4.39 Å². The Morgan fingerprint density at radius 2 is 2.15 bits per heavy atom. The highest BCUT2D eigenvalue weighted by molar-refractivity contribution is 6.30. The highest BCUT2D eigenvalue weighted by Crippen LogP contribution is 2.17. The van der Waals surface area contributed by atoms with Gasteiger partial charge in [0.05, 0.1) is 10.7 Å². The zero-order valence-corrected chi connectivity index (χ0v) is 12.7. The predicted molar refractivity (Wildman–Crippen MR) is 79.5 cm³/mol. The number of nitrogens with zero attached hydrogens (tertiary/aromatic N) is 2. The third-order valence-corrected chi connectivity index (χ3v) is 3.46. The molecule has 0 amide bonds. The molecule has 1 aromatic heterocycles. The van der Waals surface area contributed by atoms with Gasteiger partial charge in [-0.2, -0.15) is 0 Å². The van der Waals surface area contributed by atoms with Crippen molar-refractivity contribution >= 4 is 11.6 Å². The van der Waals surface area contributed by atoms with Gasteiger partial charge in [-0.1, -0.05) is 31.5 Å². The molecule has 0 saturated heterocycles. The van der Waals surface area contributed by atoms with Crippen molar-refractivity contribution in [1.82, 2.24) is 14.9 Å². The summed E-state index contributed by atoms with van der Waals surface area (Å²) < 4.78 is 15.6. The van der Waals surface area contributed by atoms with Crippen LogP contribution in [-0.4, -0.2) is 15.6 Å². The van der Waals surface area contributed by atoms with Gasteiger partial charge in [0.1, 0.15) is 11.6 Å². The monoisotopic (exact) mass is 295 g/mol. The van der Waals surface area contributed by atoms with Crippen LogP contribution in [0.1, 0.15) is 30.9 Å². The van der Waals surface area contributed by atoms with Gasteiger partial charge in [0.2, 0.25) is 0 Å². The molecule has 0 radical (unpaired) electrons. The third kappa shape index (κ3) is 3.58. The predicted octanol–water partition coefficient (Wildman–Crippen LogP) is 3.53. The standard InChI is InChI=1S/C15H19ClFN3/c1-10(2)18-7-13-8-19-11(3)20(13)9-12-4-5-14(16)15(17)6-12/h4-6,8,10,18H,7,9H2,1-3H3. The summed E-state index contributed by atoms with van der Waals surface area (Å²) in [6.45, 7) is 7.49. The van der Waals surface area contributed by atoms with Crippen LogP contribution in [0, 0.1) is 12.7 Å². The van der Waals surface area contributed by atoms with Gasteiger partial charge in [0.15, 0.2) is 0 Å². The molecule has 2 aromatic rings. The van der Waals surface area contributed by atoms with Crippen molar-refractivity contribution in [3.63, 3.8) is 0 Å². The highest BCUT2D eigenvalue weighted by Gasteiger charge is 2.09. The Hall–Kier alpha value is -1.39. The largest absolute Gasteiger partial charge is 0.327 e. The lowest BCUT2D eigenvalue weighted by molar-refractivity contribution is 0.561. The minimum absolute atomic E-state index is 0.151. The van der Waals surface area contributed by atoms with Crippen LogP contribution in [-0.2, 0) is 13.1 Å². The number of benzene rings is 1. The molecule has 0 fully saturated rings. The summed E-state index contributed by atoms with van der Waals surface area (Å²) in [6, 6.07) is 5.31. The summed E-state index contributed by atoms with van der Waals surface area (Å²) in [5.74, 6) is 0.532. The Bertz CT molecular complexity index is 593. The minimum Gasteiger partial charge on any atom is -0.327 e. The van der Waals surface area contributed by atoms with E-state index in [0.29, 0.717) is 12.6 Å². The van der Waals surface area contributed by atoms with Crippen LogP contribution in [0.15, 0.2) is 24.4 Å². The zero-order chi connectivity index (χ0) is 14.7. The van der Waals surface area contributed by atoms with Crippen LogP contribution in [0.4, 0.5) is 4.39 Å². The third-order valence-electron chi connectivity index (χ3n) is 3.15. The fourth-order valence-electron chi connectivity index (χ4n) is 2.00. The van der Waals surface area contributed by atoms with Crippen LogP contribution < -0.4 is 5.32 Å². The van der Waals surface area contributed by atoms with Gasteiger partial charge in [-0.25, -0.2) is 9.37 Å². The van der Waals surface area contributed by atoms with E-state index in [9.17, 15) is 4.39 Å². The average Bonchev–Trinajstić information content (AvgIpc) is 2.73. The van der Waals surface area contributed by atoms with Crippen molar-refractivity contribution in [2.45, 2.75) is 39.9 Å². The number of hydrogen-bond acceptors (Lipinski definition) is 2. The summed E-state index contributed by atoms with van der Waals surface area (Å²) in [7, 11) is 0. The van der Waals surface area contributed by atoms with E-state index in [4.69, 9.17) is 11.6 Å². The Morgan fingerprint density at radius 3 is 2.80 bits per heavy atom. The molecule has 0 atom stereocenters. The Morgan fingerprint density at radius 1 is 1.40 bits per heavy atom. The number of imidazole rings is 1. The summed E-state index contributed by atoms with van der Waals surface area (Å²) in [6.07, 6.45) is 1.86. The normalized spacial score (nSPS) is 11.3. The molecule has 0 aliphatic carbocycles. The maximum absolute atomic E-state index is 13.5. The van der Waals surface area contributed by atoms with Crippen molar-refractivity contribution in [1.29, 1.82) is 0 Å². The Labute approximate surface area is 123 Å². The van der Waals surface area contributed by atoms with Gasteiger partial charge in [0, 0.05) is 25.3 Å². The molecule has 0 unspecified atom stereocenters. The first kappa shape index (κ1) is 15.0. The molecule has 2 rings (SSSR count). The molecule has 5 heteroatoms. The van der Waals surface area contributed by atoms with E-state index in [1.165, 1.54) is 6.07 Å². The molecule has 1 N–H and O–H groups in total. The van der Waals surface area contributed by atoms with Crippen molar-refractivity contribution in [2.24, 2.45) is 0 Å². The lowest BCUT2D eigenvalue weighted by Crippen LogP contribution is -2.23. The van der Waals surface area contributed by atoms with E-state index in [0.717, 1.165) is 23.6 Å². The van der Waals surface area contributed by atoms with Gasteiger partial charge < -0.3 is 9.88 Å². The quantitative estimate of drug-likeness (QED) is 0.914. The first-order chi connectivity index (χ1) is 9.47. The molecule has 0 saturated carbocycles. The number of aromatic nitrogens is 2. The van der Waals surface area contributed by atoms with E-state index in [-0.39, 0.29) is 10.8 Å². The summed E-state index contributed by atoms with van der Waals surface area (Å²) in [5.41, 5.74) is 1.96. The molecular weight excluding hydrogens is 277 g/mol. The highest BCUT2D eigenvalue weighted by atomic mass is 35.5. The molecule has 0 aliphatic rings. The fraction of sp³-hybridized carbons (Fsp3) is 0.400. The molecule has 3 nitrogen and oxygen atoms in total. The van der Waals surface area contributed by atoms with Gasteiger partial charge in [0.25, 0.3) is 0 Å². The first-order valence-electron chi connectivity index (χ1n) is 6.65. The first-order valence-corrected chi connectivity index (χ1v) is 7.03. The second-order valence-electron chi connectivity index (χ2n) is 5.17. The van der Waals surface area contributed by atoms with Crippen molar-refractivity contribution in [3.8, 4) is 0 Å². The lowest BCUT2D eigenvalue weighted by atomic mass is 10.2. The van der Waals surface area contributed by atoms with Crippen LogP contribution in [0.3, 0.4) is 0 Å². The van der Waals surface area contributed by atoms with E-state index in [1.807, 2.05) is 19.2 Å². The maximum Gasteiger partial charge on any atom is 0.142 e. The second-order valence-corrected chi connectivity index (χ2v) is 5.57. The maximum atomic E-state index is 13.5. The Kier molecular flexibility index (Phi) is 4.78. The van der Waals surface area contributed by atoms with Crippen LogP contribution in [0.25, 0.3) is 0 Å². The number of halogens is 2. The number of rotatable bonds is 5. The average molecular weight is 296 g/mol. The molecule has 1 heterocycles. The molecule has 0 aliphatic heterocycles. The van der Waals surface area contributed by atoms with Crippen LogP contribution in [0.2, 0.25) is 5.02 Å². The van der Waals surface area contributed by atoms with E-state index < -0.39 is 0 Å². The van der Waals surface area contributed by atoms with E-state index in [2.05, 4.69) is 28.7 Å². The smallest absolute Gasteiger partial charge is 0.142 e. The van der Waals surface area contributed by atoms with Gasteiger partial charge >= 0.3 is 0 Å². The summed E-state index contributed by atoms with van der Waals surface area (Å²) >= 11 is 5.71. The molecule has 0 bridgehead atoms. The van der Waals surface area contributed by atoms with E-state index >= 15 is 0 Å². The molecule has 0 spiro atoms. The number of nitrogens with one attached hydrogen (secondary N) is 1. The number of hydrogen-bond donors (Lipinski definition) is 1. The molecule has 108 valence electrons. The molecule has 1 aromatic carbocycles. The van der Waals surface area contributed by atoms with Crippen LogP contribution in [0.5, 0.6) is 0 Å². The van der Waals surface area contributed by atoms with E-state index in [1.54, 1.807) is 6.07 Å².